The smallest absolute Gasteiger partial charge is 0.252 e. The number of carbonyl (C=O) groups is 1. The van der Waals surface area contributed by atoms with Crippen LogP contribution in [0.15, 0.2) is 65.8 Å². The van der Waals surface area contributed by atoms with Crippen molar-refractivity contribution >= 4 is 11.6 Å². The third-order valence-corrected chi connectivity index (χ3v) is 4.78. The molecule has 0 atom stereocenters. The second-order valence-corrected chi connectivity index (χ2v) is 6.68. The van der Waals surface area contributed by atoms with Crippen LogP contribution in [0, 0.1) is 0 Å². The highest BCUT2D eigenvalue weighted by molar-refractivity contribution is 5.90. The predicted octanol–water partition coefficient (Wildman–Crippen LogP) is 5.04. The minimum Gasteiger partial charge on any atom is -0.272 e. The molecular formula is C22H26N2O. The lowest BCUT2D eigenvalue weighted by Gasteiger charge is -2.17. The summed E-state index contributed by atoms with van der Waals surface area (Å²) < 4.78 is 0. The Hall–Kier alpha value is -2.42. The van der Waals surface area contributed by atoms with E-state index in [0.29, 0.717) is 0 Å². The van der Waals surface area contributed by atoms with E-state index < -0.39 is 0 Å². The monoisotopic (exact) mass is 334 g/mol. The minimum absolute atomic E-state index is 0.0630. The molecule has 1 amide bonds. The number of benzene rings is 2. The lowest BCUT2D eigenvalue weighted by atomic mass is 9.91. The molecule has 0 saturated heterocycles. The second kappa shape index (κ2) is 9.16. The van der Waals surface area contributed by atoms with E-state index in [2.05, 4.69) is 10.5 Å². The zero-order valence-corrected chi connectivity index (χ0v) is 14.7. The average Bonchev–Trinajstić information content (AvgIpc) is 2.63. The van der Waals surface area contributed by atoms with Crippen molar-refractivity contribution in [1.29, 1.82) is 0 Å². The first-order valence-corrected chi connectivity index (χ1v) is 9.30. The van der Waals surface area contributed by atoms with Crippen LogP contribution in [0.25, 0.3) is 0 Å². The van der Waals surface area contributed by atoms with Gasteiger partial charge in [-0.15, -0.1) is 0 Å². The van der Waals surface area contributed by atoms with Gasteiger partial charge in [0.2, 0.25) is 0 Å². The summed E-state index contributed by atoms with van der Waals surface area (Å²) >= 11 is 0. The van der Waals surface area contributed by atoms with Crippen molar-refractivity contribution < 1.29 is 4.79 Å². The van der Waals surface area contributed by atoms with Crippen LogP contribution in [0.2, 0.25) is 0 Å². The Labute approximate surface area is 150 Å². The molecule has 25 heavy (non-hydrogen) atoms. The standard InChI is InChI=1S/C22H26N2O/c25-22(24-23-20-16-10-2-1-3-11-17-20)21(18-12-6-4-7-13-18)19-14-8-5-9-15-19/h4-9,12-15,21H,1-3,10-11,16-17H2,(H,24,25). The van der Waals surface area contributed by atoms with Crippen molar-refractivity contribution in [2.75, 3.05) is 0 Å². The molecule has 0 heterocycles. The van der Waals surface area contributed by atoms with Gasteiger partial charge in [-0.1, -0.05) is 79.9 Å². The zero-order chi connectivity index (χ0) is 17.3. The van der Waals surface area contributed by atoms with Crippen molar-refractivity contribution in [3.05, 3.63) is 71.8 Å². The molecule has 0 spiro atoms. The molecule has 3 nitrogen and oxygen atoms in total. The molecular weight excluding hydrogens is 308 g/mol. The van der Waals surface area contributed by atoms with E-state index in [1.54, 1.807) is 0 Å². The van der Waals surface area contributed by atoms with Crippen LogP contribution in [0.1, 0.15) is 62.0 Å². The molecule has 0 unspecified atom stereocenters. The molecule has 0 aromatic heterocycles. The SMILES string of the molecule is O=C(NN=C1CCCCCCC1)C(c1ccccc1)c1ccccc1. The van der Waals surface area contributed by atoms with Gasteiger partial charge < -0.3 is 0 Å². The van der Waals surface area contributed by atoms with Gasteiger partial charge in [0.25, 0.3) is 5.91 Å². The molecule has 1 N–H and O–H groups in total. The number of nitrogens with one attached hydrogen (secondary N) is 1. The summed E-state index contributed by atoms with van der Waals surface area (Å²) in [7, 11) is 0. The van der Waals surface area contributed by atoms with Gasteiger partial charge in [-0.3, -0.25) is 4.79 Å². The number of carbonyl (C=O) groups excluding carboxylic acids is 1. The number of amides is 1. The van der Waals surface area contributed by atoms with Gasteiger partial charge in [0.05, 0.1) is 5.92 Å². The lowest BCUT2D eigenvalue weighted by molar-refractivity contribution is -0.121. The largest absolute Gasteiger partial charge is 0.272 e. The Balaban J connectivity index is 1.77. The summed E-state index contributed by atoms with van der Waals surface area (Å²) in [4.78, 5) is 12.9. The fraction of sp³-hybridized carbons (Fsp3) is 0.364. The summed E-state index contributed by atoms with van der Waals surface area (Å²) in [5.41, 5.74) is 5.96. The van der Waals surface area contributed by atoms with Gasteiger partial charge in [-0.05, 0) is 36.8 Å². The molecule has 3 heteroatoms. The summed E-state index contributed by atoms with van der Waals surface area (Å²) in [6.07, 6.45) is 8.21. The van der Waals surface area contributed by atoms with Crippen LogP contribution in [0.3, 0.4) is 0 Å². The van der Waals surface area contributed by atoms with Gasteiger partial charge in [0.15, 0.2) is 0 Å². The van der Waals surface area contributed by atoms with Crippen LogP contribution in [-0.2, 0) is 4.79 Å². The van der Waals surface area contributed by atoms with Crippen molar-refractivity contribution in [3.63, 3.8) is 0 Å². The van der Waals surface area contributed by atoms with E-state index in [4.69, 9.17) is 0 Å². The normalized spacial score (nSPS) is 15.3. The molecule has 0 aliphatic heterocycles. The van der Waals surface area contributed by atoms with E-state index in [-0.39, 0.29) is 11.8 Å². The lowest BCUT2D eigenvalue weighted by Crippen LogP contribution is -2.27. The number of hydrogen-bond acceptors (Lipinski definition) is 2. The molecule has 3 rings (SSSR count). The number of rotatable bonds is 4. The first-order valence-electron chi connectivity index (χ1n) is 9.30. The minimum atomic E-state index is -0.333. The molecule has 0 bridgehead atoms. The summed E-state index contributed by atoms with van der Waals surface area (Å²) in [5, 5.41) is 4.47. The van der Waals surface area contributed by atoms with Crippen molar-refractivity contribution in [2.24, 2.45) is 5.10 Å². The van der Waals surface area contributed by atoms with Crippen molar-refractivity contribution in [3.8, 4) is 0 Å². The Morgan fingerprint density at radius 1 is 0.760 bits per heavy atom. The maximum atomic E-state index is 12.9. The molecule has 2 aromatic carbocycles. The van der Waals surface area contributed by atoms with Gasteiger partial charge in [0.1, 0.15) is 0 Å². The molecule has 0 radical (unpaired) electrons. The van der Waals surface area contributed by atoms with Gasteiger partial charge >= 0.3 is 0 Å². The highest BCUT2D eigenvalue weighted by Crippen LogP contribution is 2.24. The van der Waals surface area contributed by atoms with E-state index >= 15 is 0 Å². The predicted molar refractivity (Wildman–Crippen MR) is 103 cm³/mol. The zero-order valence-electron chi connectivity index (χ0n) is 14.7. The average molecular weight is 334 g/mol. The van der Waals surface area contributed by atoms with E-state index in [0.717, 1.165) is 29.7 Å². The van der Waals surface area contributed by atoms with Crippen LogP contribution < -0.4 is 5.43 Å². The topological polar surface area (TPSA) is 41.5 Å². The van der Waals surface area contributed by atoms with Gasteiger partial charge in [-0.25, -0.2) is 5.43 Å². The van der Waals surface area contributed by atoms with Crippen LogP contribution >= 0.6 is 0 Å². The number of hydrazone groups is 1. The maximum absolute atomic E-state index is 12.9. The van der Waals surface area contributed by atoms with E-state index in [9.17, 15) is 4.79 Å². The quantitative estimate of drug-likeness (QED) is 0.782. The van der Waals surface area contributed by atoms with E-state index in [1.165, 1.54) is 32.1 Å². The third kappa shape index (κ3) is 5.02. The molecule has 2 aromatic rings. The molecule has 130 valence electrons. The van der Waals surface area contributed by atoms with Crippen LogP contribution in [0.4, 0.5) is 0 Å². The summed E-state index contributed by atoms with van der Waals surface area (Å²) in [6.45, 7) is 0. The molecule has 1 fully saturated rings. The first kappa shape index (κ1) is 17.4. The second-order valence-electron chi connectivity index (χ2n) is 6.68. The van der Waals surface area contributed by atoms with Crippen molar-refractivity contribution in [2.45, 2.75) is 50.9 Å². The van der Waals surface area contributed by atoms with Gasteiger partial charge in [0, 0.05) is 5.71 Å². The van der Waals surface area contributed by atoms with Gasteiger partial charge in [-0.2, -0.15) is 5.10 Å². The van der Waals surface area contributed by atoms with Crippen molar-refractivity contribution in [1.82, 2.24) is 5.43 Å². The highest BCUT2D eigenvalue weighted by Gasteiger charge is 2.22. The molecule has 1 aliphatic carbocycles. The Bertz CT molecular complexity index is 645. The third-order valence-electron chi connectivity index (χ3n) is 4.78. The van der Waals surface area contributed by atoms with Crippen LogP contribution in [0.5, 0.6) is 0 Å². The summed E-state index contributed by atoms with van der Waals surface area (Å²) in [6, 6.07) is 19.8. The molecule has 1 aliphatic rings. The maximum Gasteiger partial charge on any atom is 0.252 e. The van der Waals surface area contributed by atoms with Crippen LogP contribution in [-0.4, -0.2) is 11.6 Å². The Morgan fingerprint density at radius 2 is 1.24 bits per heavy atom. The first-order chi connectivity index (χ1) is 12.3. The Kier molecular flexibility index (Phi) is 6.38. The van der Waals surface area contributed by atoms with E-state index in [1.807, 2.05) is 60.7 Å². The summed E-state index contributed by atoms with van der Waals surface area (Å²) in [5.74, 6) is -0.396. The fourth-order valence-electron chi connectivity index (χ4n) is 3.41. The Morgan fingerprint density at radius 3 is 1.76 bits per heavy atom. The number of hydrogen-bond donors (Lipinski definition) is 1. The molecule has 1 saturated carbocycles. The fourth-order valence-corrected chi connectivity index (χ4v) is 3.41. The highest BCUT2D eigenvalue weighted by atomic mass is 16.2. The number of nitrogens with zero attached hydrogens (tertiary/aromatic N) is 1.